The van der Waals surface area contributed by atoms with Gasteiger partial charge in [-0.2, -0.15) is 0 Å². The van der Waals surface area contributed by atoms with Crippen molar-refractivity contribution in [3.63, 3.8) is 0 Å². The number of diazo groups is 1. The number of nitrogens with zero attached hydrogens (tertiary/aromatic N) is 2. The van der Waals surface area contributed by atoms with Crippen LogP contribution in [0.5, 0.6) is 11.5 Å². The smallest absolute Gasteiger partial charge is 0.426 e. The van der Waals surface area contributed by atoms with Gasteiger partial charge in [0.15, 0.2) is 4.98 Å². The molecular weight excluding hydrogens is 132 g/mol. The number of benzene rings is 1. The minimum absolute atomic E-state index is 0.0396. The minimum Gasteiger partial charge on any atom is -0.508 e. The van der Waals surface area contributed by atoms with Crippen molar-refractivity contribution in [3.8, 4) is 11.5 Å². The van der Waals surface area contributed by atoms with Crippen molar-refractivity contribution in [1.82, 2.24) is 0 Å². The molecule has 0 saturated heterocycles. The van der Waals surface area contributed by atoms with E-state index in [0.717, 1.165) is 6.07 Å². The van der Waals surface area contributed by atoms with Crippen LogP contribution in [-0.2, 0) is 0 Å². The molecule has 0 amide bonds. The highest BCUT2D eigenvalue weighted by atomic mass is 16.3. The first-order chi connectivity index (χ1) is 4.74. The third-order valence-corrected chi connectivity index (χ3v) is 1.07. The molecule has 0 spiro atoms. The quantitative estimate of drug-likeness (QED) is 0.533. The summed E-state index contributed by atoms with van der Waals surface area (Å²) in [7, 11) is 0. The second-order valence-corrected chi connectivity index (χ2v) is 1.77. The number of phenolic OH excluding ortho intramolecular Hbond substituents is 2. The first-order valence-corrected chi connectivity index (χ1v) is 2.61. The summed E-state index contributed by atoms with van der Waals surface area (Å²) in [6.45, 7) is 0. The monoisotopic (exact) mass is 137 g/mol. The van der Waals surface area contributed by atoms with Gasteiger partial charge in [0.2, 0.25) is 11.1 Å². The van der Waals surface area contributed by atoms with Crippen LogP contribution < -0.4 is 0 Å². The summed E-state index contributed by atoms with van der Waals surface area (Å²) < 4.78 is 0. The van der Waals surface area contributed by atoms with E-state index in [1.807, 2.05) is 0 Å². The fourth-order valence-electron chi connectivity index (χ4n) is 0.596. The van der Waals surface area contributed by atoms with Crippen LogP contribution in [0.15, 0.2) is 18.2 Å². The van der Waals surface area contributed by atoms with Gasteiger partial charge in [0.25, 0.3) is 0 Å². The minimum atomic E-state index is -0.248. The lowest BCUT2D eigenvalue weighted by molar-refractivity contribution is 0.452. The van der Waals surface area contributed by atoms with Crippen molar-refractivity contribution in [2.75, 3.05) is 0 Å². The molecular formula is C6H5N2O2+. The Morgan fingerprint density at radius 1 is 1.30 bits per heavy atom. The molecule has 0 saturated carbocycles. The summed E-state index contributed by atoms with van der Waals surface area (Å²) in [5, 5.41) is 25.8. The van der Waals surface area contributed by atoms with E-state index in [1.54, 1.807) is 0 Å². The van der Waals surface area contributed by atoms with Crippen LogP contribution in [0.25, 0.3) is 4.98 Å². The SMILES string of the molecule is N#[N+]c1ccc(O)cc1O. The maximum atomic E-state index is 8.88. The maximum Gasteiger partial charge on any atom is 0.426 e. The fourth-order valence-corrected chi connectivity index (χ4v) is 0.596. The van der Waals surface area contributed by atoms with Crippen LogP contribution in [0.2, 0.25) is 0 Å². The Morgan fingerprint density at radius 2 is 2.00 bits per heavy atom. The van der Waals surface area contributed by atoms with E-state index < -0.39 is 0 Å². The van der Waals surface area contributed by atoms with Gasteiger partial charge in [-0.3, -0.25) is 0 Å². The lowest BCUT2D eigenvalue weighted by Gasteiger charge is -1.87. The summed E-state index contributed by atoms with van der Waals surface area (Å²) in [4.78, 5) is 2.75. The molecule has 0 unspecified atom stereocenters. The second-order valence-electron chi connectivity index (χ2n) is 1.77. The highest BCUT2D eigenvalue weighted by Crippen LogP contribution is 2.29. The molecule has 0 aliphatic carbocycles. The molecule has 0 aliphatic rings. The molecule has 1 aromatic carbocycles. The van der Waals surface area contributed by atoms with Gasteiger partial charge in [0.1, 0.15) is 5.75 Å². The second kappa shape index (κ2) is 2.23. The molecule has 0 radical (unpaired) electrons. The molecule has 10 heavy (non-hydrogen) atoms. The average molecular weight is 137 g/mol. The molecule has 4 heteroatoms. The van der Waals surface area contributed by atoms with Crippen molar-refractivity contribution in [3.05, 3.63) is 23.2 Å². The molecule has 0 fully saturated rings. The van der Waals surface area contributed by atoms with E-state index >= 15 is 0 Å². The molecule has 0 aliphatic heterocycles. The third-order valence-electron chi connectivity index (χ3n) is 1.07. The molecule has 0 heterocycles. The predicted molar refractivity (Wildman–Crippen MR) is 34.5 cm³/mol. The Hall–Kier alpha value is -1.76. The number of phenols is 2. The number of hydrogen-bond acceptors (Lipinski definition) is 3. The van der Waals surface area contributed by atoms with Gasteiger partial charge in [-0.1, -0.05) is 0 Å². The Morgan fingerprint density at radius 3 is 2.50 bits per heavy atom. The largest absolute Gasteiger partial charge is 0.508 e. The number of rotatable bonds is 0. The van der Waals surface area contributed by atoms with Crippen LogP contribution in [0.4, 0.5) is 5.69 Å². The zero-order valence-corrected chi connectivity index (χ0v) is 5.02. The van der Waals surface area contributed by atoms with Crippen LogP contribution in [0.3, 0.4) is 0 Å². The van der Waals surface area contributed by atoms with E-state index in [-0.39, 0.29) is 17.2 Å². The zero-order chi connectivity index (χ0) is 7.56. The van der Waals surface area contributed by atoms with Crippen LogP contribution in [0, 0.1) is 5.39 Å². The molecule has 50 valence electrons. The van der Waals surface area contributed by atoms with Gasteiger partial charge < -0.3 is 10.2 Å². The molecule has 4 nitrogen and oxygen atoms in total. The Kier molecular flexibility index (Phi) is 1.42. The van der Waals surface area contributed by atoms with Crippen molar-refractivity contribution >= 4 is 5.69 Å². The normalized spacial score (nSPS) is 8.70. The van der Waals surface area contributed by atoms with E-state index in [1.165, 1.54) is 12.1 Å². The van der Waals surface area contributed by atoms with Gasteiger partial charge in [-0.05, 0) is 6.07 Å². The van der Waals surface area contributed by atoms with Crippen LogP contribution >= 0.6 is 0 Å². The van der Waals surface area contributed by atoms with E-state index in [4.69, 9.17) is 15.6 Å². The highest BCUT2D eigenvalue weighted by Gasteiger charge is 2.11. The Labute approximate surface area is 57.0 Å². The zero-order valence-electron chi connectivity index (χ0n) is 5.02. The lowest BCUT2D eigenvalue weighted by atomic mass is 10.3. The van der Waals surface area contributed by atoms with E-state index in [9.17, 15) is 0 Å². The summed E-state index contributed by atoms with van der Waals surface area (Å²) in [6, 6.07) is 3.70. The van der Waals surface area contributed by atoms with Crippen molar-refractivity contribution < 1.29 is 10.2 Å². The van der Waals surface area contributed by atoms with Gasteiger partial charge in [-0.15, -0.1) is 0 Å². The van der Waals surface area contributed by atoms with Crippen LogP contribution in [0.1, 0.15) is 0 Å². The molecule has 2 N–H and O–H groups in total. The maximum absolute atomic E-state index is 8.88. The van der Waals surface area contributed by atoms with E-state index in [2.05, 4.69) is 4.98 Å². The van der Waals surface area contributed by atoms with Crippen molar-refractivity contribution in [1.29, 1.82) is 5.39 Å². The van der Waals surface area contributed by atoms with Gasteiger partial charge >= 0.3 is 5.69 Å². The summed E-state index contributed by atoms with van der Waals surface area (Å²) in [6.07, 6.45) is 0. The number of aromatic hydroxyl groups is 2. The van der Waals surface area contributed by atoms with E-state index in [0.29, 0.717) is 0 Å². The number of hydrogen-bond donors (Lipinski definition) is 2. The van der Waals surface area contributed by atoms with Gasteiger partial charge in [-0.25, -0.2) is 0 Å². The standard InChI is InChI=1S/C6H4N2O2/c7-8-5-2-1-4(9)3-6(5)10/h1-3H,(H-,9,10)/p+1. The average Bonchev–Trinajstić information content (AvgIpc) is 1.88. The lowest BCUT2D eigenvalue weighted by Crippen LogP contribution is -1.65. The topological polar surface area (TPSA) is 68.6 Å². The fraction of sp³-hybridized carbons (Fsp3) is 0. The third kappa shape index (κ3) is 0.977. The van der Waals surface area contributed by atoms with Crippen molar-refractivity contribution in [2.24, 2.45) is 0 Å². The molecule has 1 rings (SSSR count). The molecule has 1 aromatic rings. The molecule has 0 bridgehead atoms. The Balaban J connectivity index is 3.23. The summed E-state index contributed by atoms with van der Waals surface area (Å²) >= 11 is 0. The van der Waals surface area contributed by atoms with Crippen molar-refractivity contribution in [2.45, 2.75) is 0 Å². The summed E-state index contributed by atoms with van der Waals surface area (Å²) in [5.41, 5.74) is 0.0396. The van der Waals surface area contributed by atoms with Gasteiger partial charge in [0, 0.05) is 12.1 Å². The highest BCUT2D eigenvalue weighted by molar-refractivity contribution is 5.58. The first kappa shape index (κ1) is 6.36. The summed E-state index contributed by atoms with van der Waals surface area (Å²) in [5.74, 6) is -0.313. The van der Waals surface area contributed by atoms with Crippen LogP contribution in [-0.4, -0.2) is 10.2 Å². The first-order valence-electron chi connectivity index (χ1n) is 2.61. The predicted octanol–water partition coefficient (Wildman–Crippen LogP) is 1.58. The Bertz CT molecular complexity index is 290. The molecule has 0 aromatic heterocycles. The molecule has 0 atom stereocenters. The van der Waals surface area contributed by atoms with Gasteiger partial charge in [0.05, 0.1) is 0 Å².